The van der Waals surface area contributed by atoms with Crippen LogP contribution in [0.25, 0.3) is 0 Å². The molecule has 0 fully saturated rings. The Morgan fingerprint density at radius 3 is 2.50 bits per heavy atom. The third-order valence-corrected chi connectivity index (χ3v) is 3.05. The van der Waals surface area contributed by atoms with E-state index in [1.807, 2.05) is 0 Å². The van der Waals surface area contributed by atoms with Gasteiger partial charge in [0.05, 0.1) is 5.56 Å². The Kier molecular flexibility index (Phi) is 4.18. The molecule has 2 aromatic rings. The van der Waals surface area contributed by atoms with Gasteiger partial charge in [-0.05, 0) is 42.0 Å². The molecular weight excluding hydrogens is 294 g/mol. The molecule has 1 N–H and O–H groups in total. The van der Waals surface area contributed by atoms with Gasteiger partial charge in [-0.2, -0.15) is 13.2 Å². The number of alkyl halides is 3. The highest BCUT2D eigenvalue weighted by atomic mass is 35.5. The lowest BCUT2D eigenvalue weighted by molar-refractivity contribution is -0.137. The van der Waals surface area contributed by atoms with Gasteiger partial charge in [0.2, 0.25) is 0 Å². The van der Waals surface area contributed by atoms with Crippen LogP contribution in [0.5, 0.6) is 0 Å². The van der Waals surface area contributed by atoms with Crippen molar-refractivity contribution in [2.75, 3.05) is 5.32 Å². The molecule has 0 unspecified atom stereocenters. The summed E-state index contributed by atoms with van der Waals surface area (Å²) in [5.74, 6) is -0.449. The van der Waals surface area contributed by atoms with Crippen LogP contribution in [0.4, 0.5) is 23.2 Å². The average Bonchev–Trinajstić information content (AvgIpc) is 2.39. The largest absolute Gasteiger partial charge is 0.416 e. The second-order valence-corrected chi connectivity index (χ2v) is 4.58. The summed E-state index contributed by atoms with van der Waals surface area (Å²) >= 11 is 5.88. The second-order valence-electron chi connectivity index (χ2n) is 4.17. The lowest BCUT2D eigenvalue weighted by atomic mass is 10.1. The molecule has 0 radical (unpaired) electrons. The third kappa shape index (κ3) is 3.63. The van der Waals surface area contributed by atoms with E-state index in [-0.39, 0.29) is 6.54 Å². The summed E-state index contributed by atoms with van der Waals surface area (Å²) in [6, 6.07) is 8.65. The molecule has 0 atom stereocenters. The highest BCUT2D eigenvalue weighted by Gasteiger charge is 2.30. The van der Waals surface area contributed by atoms with Gasteiger partial charge in [0, 0.05) is 17.3 Å². The van der Waals surface area contributed by atoms with Gasteiger partial charge in [0.1, 0.15) is 5.82 Å². The van der Waals surface area contributed by atoms with E-state index in [4.69, 9.17) is 11.6 Å². The first kappa shape index (κ1) is 14.7. The summed E-state index contributed by atoms with van der Waals surface area (Å²) in [5.41, 5.74) is 0.0251. The van der Waals surface area contributed by atoms with Crippen LogP contribution < -0.4 is 5.32 Å². The molecule has 0 aliphatic heterocycles. The van der Waals surface area contributed by atoms with Crippen LogP contribution in [0.15, 0.2) is 42.5 Å². The first-order chi connectivity index (χ1) is 9.36. The standard InChI is InChI=1S/C14H10ClF4N/c15-13-5-4-11(16)6-9(13)8-20-12-3-1-2-10(7-12)14(17,18)19/h1-7,20H,8H2. The number of anilines is 1. The second kappa shape index (κ2) is 5.71. The van der Waals surface area contributed by atoms with Crippen LogP contribution in [-0.2, 0) is 12.7 Å². The molecule has 0 aromatic heterocycles. The minimum Gasteiger partial charge on any atom is -0.381 e. The number of benzene rings is 2. The molecule has 0 amide bonds. The SMILES string of the molecule is Fc1ccc(Cl)c(CNc2cccc(C(F)(F)F)c2)c1. The number of hydrogen-bond donors (Lipinski definition) is 1. The Morgan fingerprint density at radius 2 is 1.80 bits per heavy atom. The van der Waals surface area contributed by atoms with E-state index in [1.54, 1.807) is 0 Å². The van der Waals surface area contributed by atoms with Crippen LogP contribution in [-0.4, -0.2) is 0 Å². The molecule has 0 bridgehead atoms. The lowest BCUT2D eigenvalue weighted by Crippen LogP contribution is -2.06. The summed E-state index contributed by atoms with van der Waals surface area (Å²) in [4.78, 5) is 0. The van der Waals surface area contributed by atoms with Crippen LogP contribution in [0.2, 0.25) is 5.02 Å². The smallest absolute Gasteiger partial charge is 0.381 e. The summed E-state index contributed by atoms with van der Waals surface area (Å²) in [7, 11) is 0. The van der Waals surface area contributed by atoms with Crippen molar-refractivity contribution in [3.63, 3.8) is 0 Å². The fourth-order valence-corrected chi connectivity index (χ4v) is 1.87. The van der Waals surface area contributed by atoms with Gasteiger partial charge in [-0.1, -0.05) is 17.7 Å². The van der Waals surface area contributed by atoms with E-state index in [1.165, 1.54) is 30.3 Å². The van der Waals surface area contributed by atoms with Gasteiger partial charge in [0.25, 0.3) is 0 Å². The molecule has 106 valence electrons. The summed E-state index contributed by atoms with van der Waals surface area (Å²) in [5, 5.41) is 3.14. The fourth-order valence-electron chi connectivity index (χ4n) is 1.68. The molecule has 6 heteroatoms. The quantitative estimate of drug-likeness (QED) is 0.777. The zero-order valence-electron chi connectivity index (χ0n) is 10.1. The van der Waals surface area contributed by atoms with E-state index >= 15 is 0 Å². The summed E-state index contributed by atoms with van der Waals surface area (Å²) in [6.45, 7) is 0.137. The molecule has 0 aliphatic carbocycles. The van der Waals surface area contributed by atoms with Gasteiger partial charge < -0.3 is 5.32 Å². The molecule has 0 saturated heterocycles. The highest BCUT2D eigenvalue weighted by molar-refractivity contribution is 6.31. The molecule has 2 aromatic carbocycles. The maximum Gasteiger partial charge on any atom is 0.416 e. The van der Waals surface area contributed by atoms with Crippen LogP contribution in [0, 0.1) is 5.82 Å². The topological polar surface area (TPSA) is 12.0 Å². The Bertz CT molecular complexity index is 610. The minimum atomic E-state index is -4.39. The molecule has 0 saturated carbocycles. The molecule has 0 spiro atoms. The van der Waals surface area contributed by atoms with Crippen molar-refractivity contribution in [3.8, 4) is 0 Å². The normalized spacial score (nSPS) is 11.4. The Hall–Kier alpha value is -1.75. The Balaban J connectivity index is 2.13. The highest BCUT2D eigenvalue weighted by Crippen LogP contribution is 2.30. The zero-order chi connectivity index (χ0) is 14.8. The predicted octanol–water partition coefficient (Wildman–Crippen LogP) is 5.11. The van der Waals surface area contributed by atoms with Gasteiger partial charge in [-0.25, -0.2) is 4.39 Å². The van der Waals surface area contributed by atoms with Gasteiger partial charge in [-0.3, -0.25) is 0 Å². The predicted molar refractivity (Wildman–Crippen MR) is 70.2 cm³/mol. The minimum absolute atomic E-state index is 0.137. The van der Waals surface area contributed by atoms with Crippen molar-refractivity contribution in [1.29, 1.82) is 0 Å². The van der Waals surface area contributed by atoms with Crippen molar-refractivity contribution in [1.82, 2.24) is 0 Å². The maximum atomic E-state index is 13.1. The Morgan fingerprint density at radius 1 is 1.05 bits per heavy atom. The van der Waals surface area contributed by atoms with Crippen LogP contribution >= 0.6 is 11.6 Å². The van der Waals surface area contributed by atoms with Gasteiger partial charge >= 0.3 is 6.18 Å². The number of halogens is 5. The number of hydrogen-bond acceptors (Lipinski definition) is 1. The monoisotopic (exact) mass is 303 g/mol. The molecule has 0 aliphatic rings. The van der Waals surface area contributed by atoms with Crippen molar-refractivity contribution in [2.24, 2.45) is 0 Å². The van der Waals surface area contributed by atoms with Gasteiger partial charge in [-0.15, -0.1) is 0 Å². The number of nitrogens with one attached hydrogen (secondary N) is 1. The van der Waals surface area contributed by atoms with E-state index in [2.05, 4.69) is 5.32 Å². The fraction of sp³-hybridized carbons (Fsp3) is 0.143. The Labute approximate surface area is 118 Å². The van der Waals surface area contributed by atoms with E-state index < -0.39 is 17.6 Å². The van der Waals surface area contributed by atoms with Crippen LogP contribution in [0.3, 0.4) is 0 Å². The third-order valence-electron chi connectivity index (χ3n) is 2.68. The van der Waals surface area contributed by atoms with E-state index in [0.29, 0.717) is 16.3 Å². The van der Waals surface area contributed by atoms with Crippen molar-refractivity contribution in [2.45, 2.75) is 12.7 Å². The first-order valence-electron chi connectivity index (χ1n) is 5.71. The molecule has 2 rings (SSSR count). The van der Waals surface area contributed by atoms with E-state index in [0.717, 1.165) is 12.1 Å². The average molecular weight is 304 g/mol. The van der Waals surface area contributed by atoms with Crippen LogP contribution in [0.1, 0.15) is 11.1 Å². The number of rotatable bonds is 3. The first-order valence-corrected chi connectivity index (χ1v) is 6.09. The molecule has 1 nitrogen and oxygen atoms in total. The van der Waals surface area contributed by atoms with Gasteiger partial charge in [0.15, 0.2) is 0 Å². The molecule has 0 heterocycles. The molecule has 20 heavy (non-hydrogen) atoms. The van der Waals surface area contributed by atoms with Crippen molar-refractivity contribution < 1.29 is 17.6 Å². The van der Waals surface area contributed by atoms with Crippen molar-refractivity contribution >= 4 is 17.3 Å². The maximum absolute atomic E-state index is 13.1. The van der Waals surface area contributed by atoms with Crippen molar-refractivity contribution in [3.05, 3.63) is 64.4 Å². The summed E-state index contributed by atoms with van der Waals surface area (Å²) in [6.07, 6.45) is -4.39. The molecular formula is C14H10ClF4N. The summed E-state index contributed by atoms with van der Waals surface area (Å²) < 4.78 is 50.7. The van der Waals surface area contributed by atoms with E-state index in [9.17, 15) is 17.6 Å². The lowest BCUT2D eigenvalue weighted by Gasteiger charge is -2.11. The zero-order valence-corrected chi connectivity index (χ0v) is 10.9.